The van der Waals surface area contributed by atoms with E-state index in [0.717, 1.165) is 40.9 Å². The summed E-state index contributed by atoms with van der Waals surface area (Å²) in [6, 6.07) is 8.30. The average molecular weight is 541 g/mol. The number of hydrogen-bond donors (Lipinski definition) is 1. The number of aryl methyl sites for hydroxylation is 2. The van der Waals surface area contributed by atoms with Crippen molar-refractivity contribution >= 4 is 5.57 Å². The molecule has 0 bridgehead atoms. The number of rotatable bonds is 10. The van der Waals surface area contributed by atoms with E-state index in [1.807, 2.05) is 32.3 Å². The highest BCUT2D eigenvalue weighted by atomic mass is 19.4. The molecule has 0 amide bonds. The van der Waals surface area contributed by atoms with Crippen molar-refractivity contribution in [3.63, 3.8) is 0 Å². The van der Waals surface area contributed by atoms with Crippen molar-refractivity contribution in [1.82, 2.24) is 20.1 Å². The predicted molar refractivity (Wildman–Crippen MR) is 155 cm³/mol. The van der Waals surface area contributed by atoms with Crippen LogP contribution in [0.1, 0.15) is 72.3 Å². The van der Waals surface area contributed by atoms with Gasteiger partial charge in [0.25, 0.3) is 0 Å². The summed E-state index contributed by atoms with van der Waals surface area (Å²) in [5.41, 5.74) is 5.99. The summed E-state index contributed by atoms with van der Waals surface area (Å²) < 4.78 is 42.0. The summed E-state index contributed by atoms with van der Waals surface area (Å²) in [4.78, 5) is 8.57. The van der Waals surface area contributed by atoms with Crippen LogP contribution in [0.3, 0.4) is 0 Å². The molecule has 2 aromatic rings. The van der Waals surface area contributed by atoms with Crippen molar-refractivity contribution in [2.24, 2.45) is 5.92 Å². The molecule has 0 aliphatic carbocycles. The van der Waals surface area contributed by atoms with Gasteiger partial charge in [0, 0.05) is 56.2 Å². The Morgan fingerprint density at radius 2 is 1.87 bits per heavy atom. The van der Waals surface area contributed by atoms with Crippen molar-refractivity contribution < 1.29 is 13.2 Å². The Morgan fingerprint density at radius 1 is 1.18 bits per heavy atom. The summed E-state index contributed by atoms with van der Waals surface area (Å²) >= 11 is 0. The minimum Gasteiger partial charge on any atom is -0.383 e. The second-order valence-electron chi connectivity index (χ2n) is 11.1. The van der Waals surface area contributed by atoms with E-state index < -0.39 is 11.7 Å². The van der Waals surface area contributed by atoms with Crippen LogP contribution in [-0.2, 0) is 13.0 Å². The first-order chi connectivity index (χ1) is 18.2. The number of halogens is 3. The zero-order valence-electron chi connectivity index (χ0n) is 24.6. The van der Waals surface area contributed by atoms with Crippen LogP contribution in [0.2, 0.25) is 0 Å². The van der Waals surface area contributed by atoms with Gasteiger partial charge in [0.1, 0.15) is 0 Å². The molecule has 4 nitrogen and oxygen atoms in total. The molecule has 0 spiro atoms. The number of alkyl halides is 3. The maximum absolute atomic E-state index is 14.0. The number of allylic oxidation sites excluding steroid dienone is 2. The molecule has 1 aliphatic heterocycles. The molecular weight excluding hydrogens is 497 g/mol. The Morgan fingerprint density at radius 3 is 2.41 bits per heavy atom. The molecule has 0 saturated heterocycles. The molecule has 3 rings (SSSR count). The second-order valence-corrected chi connectivity index (χ2v) is 11.1. The number of hydrogen-bond acceptors (Lipinski definition) is 4. The summed E-state index contributed by atoms with van der Waals surface area (Å²) in [7, 11) is 3.47. The van der Waals surface area contributed by atoms with Crippen LogP contribution in [0.4, 0.5) is 13.2 Å². The molecule has 2 heterocycles. The van der Waals surface area contributed by atoms with E-state index in [-0.39, 0.29) is 23.6 Å². The first kappa shape index (κ1) is 30.3. The Hall–Kier alpha value is -3.22. The monoisotopic (exact) mass is 540 g/mol. The molecule has 0 radical (unpaired) electrons. The van der Waals surface area contributed by atoms with E-state index in [1.54, 1.807) is 19.0 Å². The van der Waals surface area contributed by atoms with Crippen LogP contribution in [0.15, 0.2) is 55.0 Å². The van der Waals surface area contributed by atoms with Crippen LogP contribution in [0.25, 0.3) is 5.57 Å². The maximum Gasteiger partial charge on any atom is 0.416 e. The Balaban J connectivity index is 2.14. The Kier molecular flexibility index (Phi) is 9.57. The fourth-order valence-corrected chi connectivity index (χ4v) is 5.49. The smallest absolute Gasteiger partial charge is 0.383 e. The summed E-state index contributed by atoms with van der Waals surface area (Å²) in [5.74, 6) is 0.389. The van der Waals surface area contributed by atoms with E-state index in [2.05, 4.69) is 62.7 Å². The molecule has 1 aromatic carbocycles. The zero-order valence-corrected chi connectivity index (χ0v) is 24.6. The highest BCUT2D eigenvalue weighted by Gasteiger charge is 2.36. The molecule has 3 atom stereocenters. The van der Waals surface area contributed by atoms with Gasteiger partial charge < -0.3 is 15.1 Å². The minimum atomic E-state index is -4.53. The quantitative estimate of drug-likeness (QED) is 0.314. The van der Waals surface area contributed by atoms with Crippen molar-refractivity contribution in [3.8, 4) is 0 Å². The topological polar surface area (TPSA) is 31.4 Å². The third-order valence-corrected chi connectivity index (χ3v) is 7.66. The highest BCUT2D eigenvalue weighted by molar-refractivity contribution is 5.82. The summed E-state index contributed by atoms with van der Waals surface area (Å²) in [6.45, 7) is 16.5. The van der Waals surface area contributed by atoms with Gasteiger partial charge in [-0.25, -0.2) is 0 Å². The molecule has 1 aliphatic rings. The fourth-order valence-electron chi connectivity index (χ4n) is 5.49. The van der Waals surface area contributed by atoms with E-state index >= 15 is 0 Å². The van der Waals surface area contributed by atoms with E-state index in [1.165, 1.54) is 11.8 Å². The van der Waals surface area contributed by atoms with Crippen LogP contribution >= 0.6 is 0 Å². The minimum absolute atomic E-state index is 0.104. The summed E-state index contributed by atoms with van der Waals surface area (Å²) in [6.07, 6.45) is 2.73. The van der Waals surface area contributed by atoms with Crippen molar-refractivity contribution in [2.75, 3.05) is 14.1 Å². The average Bonchev–Trinajstić information content (AvgIpc) is 3.24. The van der Waals surface area contributed by atoms with Crippen LogP contribution in [-0.4, -0.2) is 41.2 Å². The maximum atomic E-state index is 14.0. The van der Waals surface area contributed by atoms with Gasteiger partial charge >= 0.3 is 6.18 Å². The molecular formula is C32H43F3N4. The standard InChI is InChI=1S/C32H43F3N4/c1-10-27(17-28-14-20(2)13-21(3)37-28)22(4)29-15-26(18-39-12-11-36-25(39)7)16-30(23(29)5)31(19-38(8)9)24(6)32(33,34)35/h11-16,19,22,25,27,36H,6,10,17-18H2,1-5,7-9H3/b31-19+. The lowest BCUT2D eigenvalue weighted by molar-refractivity contribution is -0.0867. The van der Waals surface area contributed by atoms with Gasteiger partial charge in [-0.2, -0.15) is 13.2 Å². The lowest BCUT2D eigenvalue weighted by Gasteiger charge is -2.29. The first-order valence-corrected chi connectivity index (χ1v) is 13.6. The van der Waals surface area contributed by atoms with Crippen LogP contribution in [0.5, 0.6) is 0 Å². The summed E-state index contributed by atoms with van der Waals surface area (Å²) in [5, 5.41) is 3.26. The Bertz CT molecular complexity index is 1220. The second kappa shape index (κ2) is 12.3. The van der Waals surface area contributed by atoms with Crippen molar-refractivity contribution in [3.05, 3.63) is 94.2 Å². The highest BCUT2D eigenvalue weighted by Crippen LogP contribution is 2.41. The SMILES string of the molecule is C=C(/C(=C\N(C)C)c1cc(CN2C=CNC2C)cc(C(C)C(CC)Cc2cc(C)cc(C)n2)c1C)C(F)(F)F. The molecule has 7 heteroatoms. The number of nitrogens with one attached hydrogen (secondary N) is 1. The van der Waals surface area contributed by atoms with E-state index in [0.29, 0.717) is 12.1 Å². The van der Waals surface area contributed by atoms with Gasteiger partial charge in [0.2, 0.25) is 0 Å². The fraction of sp³-hybridized carbons (Fsp3) is 0.469. The molecule has 0 fully saturated rings. The number of nitrogens with zero attached hydrogens (tertiary/aromatic N) is 3. The zero-order chi connectivity index (χ0) is 29.1. The molecule has 1 aromatic heterocycles. The Labute approximate surface area is 232 Å². The molecule has 212 valence electrons. The van der Waals surface area contributed by atoms with Crippen LogP contribution in [0, 0.1) is 26.7 Å². The molecule has 3 unspecified atom stereocenters. The van der Waals surface area contributed by atoms with Crippen molar-refractivity contribution in [1.29, 1.82) is 0 Å². The van der Waals surface area contributed by atoms with Gasteiger partial charge in [0.15, 0.2) is 0 Å². The van der Waals surface area contributed by atoms with Gasteiger partial charge in [-0.1, -0.05) is 32.9 Å². The number of aromatic nitrogens is 1. The van der Waals surface area contributed by atoms with Crippen molar-refractivity contribution in [2.45, 2.75) is 79.2 Å². The number of benzene rings is 1. The van der Waals surface area contributed by atoms with Gasteiger partial charge in [-0.05, 0) is 92.0 Å². The van der Waals surface area contributed by atoms with Gasteiger partial charge in [0.05, 0.1) is 11.7 Å². The molecule has 0 saturated carbocycles. The molecule has 1 N–H and O–H groups in total. The lowest BCUT2D eigenvalue weighted by Crippen LogP contribution is -2.31. The van der Waals surface area contributed by atoms with Crippen LogP contribution < -0.4 is 5.32 Å². The van der Waals surface area contributed by atoms with E-state index in [4.69, 9.17) is 4.98 Å². The van der Waals surface area contributed by atoms with Gasteiger partial charge in [-0.15, -0.1) is 0 Å². The van der Waals surface area contributed by atoms with E-state index in [9.17, 15) is 13.2 Å². The third kappa shape index (κ3) is 7.46. The first-order valence-electron chi connectivity index (χ1n) is 13.6. The predicted octanol–water partition coefficient (Wildman–Crippen LogP) is 7.62. The third-order valence-electron chi connectivity index (χ3n) is 7.66. The van der Waals surface area contributed by atoms with Gasteiger partial charge in [-0.3, -0.25) is 4.98 Å². The lowest BCUT2D eigenvalue weighted by atomic mass is 9.78. The number of pyridine rings is 1. The largest absolute Gasteiger partial charge is 0.416 e. The molecule has 39 heavy (non-hydrogen) atoms. The normalized spacial score (nSPS) is 17.3.